The summed E-state index contributed by atoms with van der Waals surface area (Å²) in [6, 6.07) is 9.57. The third-order valence-corrected chi connectivity index (χ3v) is 3.77. The lowest BCUT2D eigenvalue weighted by molar-refractivity contribution is 0.268. The molecule has 1 aromatic rings. The predicted octanol–water partition coefficient (Wildman–Crippen LogP) is 3.42. The van der Waals surface area contributed by atoms with Gasteiger partial charge in [0.2, 0.25) is 0 Å². The van der Waals surface area contributed by atoms with Crippen LogP contribution >= 0.6 is 0 Å². The maximum absolute atomic E-state index is 3.48. The van der Waals surface area contributed by atoms with Crippen LogP contribution in [0.4, 0.5) is 0 Å². The third kappa shape index (κ3) is 5.33. The Hall–Kier alpha value is -0.860. The summed E-state index contributed by atoms with van der Waals surface area (Å²) in [5.41, 5.74) is 2.85. The van der Waals surface area contributed by atoms with Crippen molar-refractivity contribution in [2.24, 2.45) is 5.92 Å². The van der Waals surface area contributed by atoms with Crippen LogP contribution in [0, 0.1) is 5.92 Å². The van der Waals surface area contributed by atoms with Gasteiger partial charge in [-0.2, -0.15) is 0 Å². The van der Waals surface area contributed by atoms with Gasteiger partial charge in [0.15, 0.2) is 0 Å². The highest BCUT2D eigenvalue weighted by Gasteiger charge is 2.23. The van der Waals surface area contributed by atoms with E-state index in [0.29, 0.717) is 6.04 Å². The average molecular weight is 260 g/mol. The van der Waals surface area contributed by atoms with Gasteiger partial charge in [0.05, 0.1) is 0 Å². The Morgan fingerprint density at radius 2 is 2.00 bits per heavy atom. The van der Waals surface area contributed by atoms with E-state index < -0.39 is 0 Å². The first-order valence-corrected chi connectivity index (χ1v) is 7.71. The molecule has 2 heteroatoms. The quantitative estimate of drug-likeness (QED) is 0.770. The zero-order valence-corrected chi connectivity index (χ0v) is 12.7. The zero-order chi connectivity index (χ0) is 13.7. The molecule has 1 aliphatic carbocycles. The minimum absolute atomic E-state index is 0.547. The van der Waals surface area contributed by atoms with Crippen LogP contribution in [-0.4, -0.2) is 24.0 Å². The molecule has 1 fully saturated rings. The molecule has 0 radical (unpaired) electrons. The number of nitrogens with zero attached hydrogens (tertiary/aromatic N) is 1. The van der Waals surface area contributed by atoms with Crippen molar-refractivity contribution in [3.8, 4) is 0 Å². The Balaban J connectivity index is 1.89. The molecule has 0 saturated heterocycles. The summed E-state index contributed by atoms with van der Waals surface area (Å²) in [5.74, 6) is 0.978. The summed E-state index contributed by atoms with van der Waals surface area (Å²) in [6.07, 6.45) is 2.88. The van der Waals surface area contributed by atoms with E-state index in [-0.39, 0.29) is 0 Å². The molecule has 1 saturated carbocycles. The lowest BCUT2D eigenvalue weighted by atomic mass is 10.1. The first-order chi connectivity index (χ1) is 9.17. The second-order valence-electron chi connectivity index (χ2n) is 6.13. The average Bonchev–Trinajstić information content (AvgIpc) is 3.20. The number of nitrogens with one attached hydrogen (secondary N) is 1. The van der Waals surface area contributed by atoms with Gasteiger partial charge in [-0.15, -0.1) is 0 Å². The van der Waals surface area contributed by atoms with Crippen LogP contribution in [0.15, 0.2) is 24.3 Å². The van der Waals surface area contributed by atoms with E-state index in [0.717, 1.165) is 25.6 Å². The Morgan fingerprint density at radius 1 is 1.26 bits per heavy atom. The van der Waals surface area contributed by atoms with E-state index in [2.05, 4.69) is 55.3 Å². The summed E-state index contributed by atoms with van der Waals surface area (Å²) in [5, 5.41) is 3.48. The van der Waals surface area contributed by atoms with Gasteiger partial charge in [0.25, 0.3) is 0 Å². The highest BCUT2D eigenvalue weighted by Crippen LogP contribution is 2.30. The monoisotopic (exact) mass is 260 g/mol. The van der Waals surface area contributed by atoms with Crippen molar-refractivity contribution in [2.75, 3.05) is 13.1 Å². The van der Waals surface area contributed by atoms with Gasteiger partial charge in [0.1, 0.15) is 0 Å². The van der Waals surface area contributed by atoms with E-state index in [9.17, 15) is 0 Å². The van der Waals surface area contributed by atoms with Crippen molar-refractivity contribution < 1.29 is 0 Å². The van der Waals surface area contributed by atoms with Gasteiger partial charge in [0, 0.05) is 25.7 Å². The summed E-state index contributed by atoms with van der Waals surface area (Å²) in [6.45, 7) is 11.2. The van der Waals surface area contributed by atoms with Crippen LogP contribution in [0.2, 0.25) is 0 Å². The second kappa shape index (κ2) is 7.06. The Bertz CT molecular complexity index is 383. The topological polar surface area (TPSA) is 15.3 Å². The van der Waals surface area contributed by atoms with Gasteiger partial charge in [-0.05, 0) is 36.4 Å². The number of hydrogen-bond acceptors (Lipinski definition) is 2. The molecule has 2 nitrogen and oxygen atoms in total. The molecule has 106 valence electrons. The second-order valence-corrected chi connectivity index (χ2v) is 6.13. The van der Waals surface area contributed by atoms with E-state index >= 15 is 0 Å². The third-order valence-electron chi connectivity index (χ3n) is 3.77. The van der Waals surface area contributed by atoms with Crippen LogP contribution in [0.5, 0.6) is 0 Å². The molecule has 0 unspecified atom stereocenters. The van der Waals surface area contributed by atoms with Gasteiger partial charge < -0.3 is 5.32 Å². The lowest BCUT2D eigenvalue weighted by Crippen LogP contribution is -2.25. The zero-order valence-electron chi connectivity index (χ0n) is 12.7. The largest absolute Gasteiger partial charge is 0.310 e. The van der Waals surface area contributed by atoms with E-state index in [4.69, 9.17) is 0 Å². The van der Waals surface area contributed by atoms with Crippen molar-refractivity contribution in [2.45, 2.75) is 52.7 Å². The van der Waals surface area contributed by atoms with Crippen molar-refractivity contribution in [1.82, 2.24) is 10.2 Å². The van der Waals surface area contributed by atoms with Crippen molar-refractivity contribution in [3.05, 3.63) is 35.4 Å². The molecule has 0 bridgehead atoms. The number of rotatable bonds is 8. The molecule has 2 rings (SSSR count). The summed E-state index contributed by atoms with van der Waals surface area (Å²) in [4.78, 5) is 2.58. The minimum atomic E-state index is 0.547. The lowest BCUT2D eigenvalue weighted by Gasteiger charge is -2.20. The van der Waals surface area contributed by atoms with E-state index in [1.54, 1.807) is 0 Å². The molecule has 0 amide bonds. The van der Waals surface area contributed by atoms with Crippen molar-refractivity contribution >= 4 is 0 Å². The summed E-state index contributed by atoms with van der Waals surface area (Å²) in [7, 11) is 0. The fourth-order valence-corrected chi connectivity index (χ4v) is 2.39. The first-order valence-electron chi connectivity index (χ1n) is 7.71. The molecular formula is C17H28N2. The van der Waals surface area contributed by atoms with Gasteiger partial charge in [-0.1, -0.05) is 45.0 Å². The Labute approximate surface area is 118 Å². The van der Waals surface area contributed by atoms with Crippen LogP contribution in [0.1, 0.15) is 44.7 Å². The standard InChI is InChI=1S/C17H28N2/c1-4-19(12-15-8-9-15)13-17-7-5-6-16(10-17)11-18-14(2)3/h5-7,10,14-15,18H,4,8-9,11-13H2,1-3H3. The Morgan fingerprint density at radius 3 is 2.63 bits per heavy atom. The molecule has 0 aliphatic heterocycles. The van der Waals surface area contributed by atoms with Crippen molar-refractivity contribution in [1.29, 1.82) is 0 Å². The fraction of sp³-hybridized carbons (Fsp3) is 0.647. The van der Waals surface area contributed by atoms with Gasteiger partial charge in [-0.3, -0.25) is 4.90 Å². The van der Waals surface area contributed by atoms with Crippen LogP contribution in [0.3, 0.4) is 0 Å². The summed E-state index contributed by atoms with van der Waals surface area (Å²) < 4.78 is 0. The van der Waals surface area contributed by atoms with E-state index in [1.165, 1.54) is 30.5 Å². The Kier molecular flexibility index (Phi) is 5.41. The molecule has 0 atom stereocenters. The molecule has 1 N–H and O–H groups in total. The van der Waals surface area contributed by atoms with Gasteiger partial charge in [-0.25, -0.2) is 0 Å². The maximum atomic E-state index is 3.48. The fourth-order valence-electron chi connectivity index (χ4n) is 2.39. The SMILES string of the molecule is CCN(Cc1cccc(CNC(C)C)c1)CC1CC1. The highest BCUT2D eigenvalue weighted by atomic mass is 15.1. The number of hydrogen-bond donors (Lipinski definition) is 1. The highest BCUT2D eigenvalue weighted by molar-refractivity contribution is 5.23. The van der Waals surface area contributed by atoms with Crippen molar-refractivity contribution in [3.63, 3.8) is 0 Å². The molecule has 1 aromatic carbocycles. The molecule has 0 spiro atoms. The van der Waals surface area contributed by atoms with E-state index in [1.807, 2.05) is 0 Å². The summed E-state index contributed by atoms with van der Waals surface area (Å²) >= 11 is 0. The normalized spacial score (nSPS) is 15.4. The predicted molar refractivity (Wildman–Crippen MR) is 82.1 cm³/mol. The first kappa shape index (κ1) is 14.5. The number of benzene rings is 1. The maximum Gasteiger partial charge on any atom is 0.0233 e. The van der Waals surface area contributed by atoms with Crippen LogP contribution < -0.4 is 5.32 Å². The molecule has 0 heterocycles. The van der Waals surface area contributed by atoms with Crippen LogP contribution in [0.25, 0.3) is 0 Å². The minimum Gasteiger partial charge on any atom is -0.310 e. The molecule has 19 heavy (non-hydrogen) atoms. The van der Waals surface area contributed by atoms with Crippen LogP contribution in [-0.2, 0) is 13.1 Å². The molecule has 1 aliphatic rings. The smallest absolute Gasteiger partial charge is 0.0233 e. The van der Waals surface area contributed by atoms with Gasteiger partial charge >= 0.3 is 0 Å². The molecule has 0 aromatic heterocycles. The molecular weight excluding hydrogens is 232 g/mol.